The number of hydrogen-bond donors (Lipinski definition) is 2. The van der Waals surface area contributed by atoms with Gasteiger partial charge < -0.3 is 10.4 Å². The smallest absolute Gasteiger partial charge is 0.307 e. The summed E-state index contributed by atoms with van der Waals surface area (Å²) >= 11 is 7.68. The number of anilines is 1. The number of carbonyl (C=O) groups is 3. The van der Waals surface area contributed by atoms with Gasteiger partial charge in [-0.1, -0.05) is 36.1 Å². The van der Waals surface area contributed by atoms with Gasteiger partial charge in [-0.2, -0.15) is 0 Å². The molecule has 0 aliphatic carbocycles. The molecular weight excluding hydrogens is 545 g/mol. The molecule has 0 bridgehead atoms. The molecule has 0 spiro atoms. The Hall–Kier alpha value is -3.48. The van der Waals surface area contributed by atoms with Crippen molar-refractivity contribution in [1.29, 1.82) is 0 Å². The highest BCUT2D eigenvalue weighted by molar-refractivity contribution is 8.26. The van der Waals surface area contributed by atoms with Gasteiger partial charge in [0.15, 0.2) is 11.6 Å². The molecule has 190 valence electrons. The predicted octanol–water partition coefficient (Wildman–Crippen LogP) is 5.69. The van der Waals surface area contributed by atoms with Crippen LogP contribution in [0.3, 0.4) is 0 Å². The second-order valence-electron chi connectivity index (χ2n) is 7.88. The Labute approximate surface area is 222 Å². The van der Waals surface area contributed by atoms with Crippen molar-refractivity contribution in [3.05, 3.63) is 80.6 Å². The van der Waals surface area contributed by atoms with Gasteiger partial charge in [-0.3, -0.25) is 19.3 Å². The lowest BCUT2D eigenvalue weighted by Gasteiger charge is -2.14. The first kappa shape index (κ1) is 26.6. The summed E-state index contributed by atoms with van der Waals surface area (Å²) in [4.78, 5) is 38.3. The summed E-state index contributed by atoms with van der Waals surface area (Å²) in [5.74, 6) is -4.67. The van der Waals surface area contributed by atoms with Gasteiger partial charge in [-0.15, -0.1) is 11.3 Å². The maximum absolute atomic E-state index is 14.2. The molecule has 12 heteroatoms. The molecule has 1 saturated heterocycles. The van der Waals surface area contributed by atoms with Gasteiger partial charge in [-0.25, -0.2) is 13.2 Å². The number of halogens is 3. The van der Waals surface area contributed by atoms with Gasteiger partial charge in [0, 0.05) is 17.8 Å². The molecule has 3 aromatic rings. The van der Waals surface area contributed by atoms with Crippen molar-refractivity contribution in [1.82, 2.24) is 4.90 Å². The van der Waals surface area contributed by atoms with Gasteiger partial charge in [0.25, 0.3) is 5.91 Å². The maximum Gasteiger partial charge on any atom is 0.307 e. The molecule has 1 fully saturated rings. The largest absolute Gasteiger partial charge is 0.481 e. The normalized spacial score (nSPS) is 14.5. The molecule has 2 aromatic carbocycles. The third kappa shape index (κ3) is 6.45. The van der Waals surface area contributed by atoms with E-state index in [0.29, 0.717) is 20.9 Å². The minimum absolute atomic E-state index is 0.0168. The second-order valence-corrected chi connectivity index (χ2v) is 10.5. The van der Waals surface area contributed by atoms with Crippen LogP contribution in [-0.4, -0.2) is 38.7 Å². The summed E-state index contributed by atoms with van der Waals surface area (Å²) in [6, 6.07) is 9.08. The van der Waals surface area contributed by atoms with Gasteiger partial charge in [0.2, 0.25) is 5.91 Å². The first-order chi connectivity index (χ1) is 17.6. The van der Waals surface area contributed by atoms with Crippen LogP contribution in [-0.2, 0) is 20.8 Å². The minimum Gasteiger partial charge on any atom is -0.481 e. The van der Waals surface area contributed by atoms with Gasteiger partial charge >= 0.3 is 5.97 Å². The quantitative estimate of drug-likeness (QED) is 0.271. The van der Waals surface area contributed by atoms with Gasteiger partial charge in [-0.05, 0) is 58.5 Å². The van der Waals surface area contributed by atoms with E-state index in [1.54, 1.807) is 17.5 Å². The molecule has 6 nitrogen and oxygen atoms in total. The summed E-state index contributed by atoms with van der Waals surface area (Å²) in [5, 5.41) is 13.0. The molecule has 1 aliphatic heterocycles. The van der Waals surface area contributed by atoms with Crippen molar-refractivity contribution in [2.45, 2.75) is 12.8 Å². The van der Waals surface area contributed by atoms with E-state index in [9.17, 15) is 27.6 Å². The van der Waals surface area contributed by atoms with E-state index in [1.807, 2.05) is 0 Å². The lowest BCUT2D eigenvalue weighted by Crippen LogP contribution is -2.31. The Morgan fingerprint density at radius 2 is 1.81 bits per heavy atom. The third-order valence-electron chi connectivity index (χ3n) is 5.25. The van der Waals surface area contributed by atoms with Crippen LogP contribution in [0, 0.1) is 17.5 Å². The number of amides is 2. The fraction of sp³-hybridized carbons (Fsp3) is 0.120. The van der Waals surface area contributed by atoms with E-state index in [2.05, 4.69) is 5.32 Å². The highest BCUT2D eigenvalue weighted by Gasteiger charge is 2.32. The van der Waals surface area contributed by atoms with Crippen molar-refractivity contribution in [2.24, 2.45) is 0 Å². The molecule has 2 amide bonds. The zero-order valence-electron chi connectivity index (χ0n) is 18.8. The molecule has 0 radical (unpaired) electrons. The number of aliphatic carboxylic acids is 1. The summed E-state index contributed by atoms with van der Waals surface area (Å²) in [6.07, 6.45) is 1.15. The van der Waals surface area contributed by atoms with Crippen molar-refractivity contribution in [3.63, 3.8) is 0 Å². The molecular formula is C25H17F3N2O4S3. The minimum atomic E-state index is -1.10. The molecule has 0 saturated carbocycles. The van der Waals surface area contributed by atoms with Crippen LogP contribution in [0.15, 0.2) is 52.7 Å². The molecule has 1 aliphatic rings. The Kier molecular flexibility index (Phi) is 8.10. The lowest BCUT2D eigenvalue weighted by molar-refractivity contribution is -0.136. The first-order valence-electron chi connectivity index (χ1n) is 10.7. The molecule has 37 heavy (non-hydrogen) atoms. The monoisotopic (exact) mass is 562 g/mol. The molecule has 2 N–H and O–H groups in total. The van der Waals surface area contributed by atoms with E-state index in [4.69, 9.17) is 17.3 Å². The van der Waals surface area contributed by atoms with Crippen LogP contribution >= 0.6 is 35.3 Å². The first-order valence-corrected chi connectivity index (χ1v) is 12.8. The van der Waals surface area contributed by atoms with Crippen LogP contribution in [0.4, 0.5) is 18.9 Å². The van der Waals surface area contributed by atoms with Gasteiger partial charge in [0.1, 0.15) is 10.1 Å². The Morgan fingerprint density at radius 1 is 1.03 bits per heavy atom. The highest BCUT2D eigenvalue weighted by Crippen LogP contribution is 2.35. The number of carboxylic acids is 1. The van der Waals surface area contributed by atoms with Gasteiger partial charge in [0.05, 0.1) is 17.0 Å². The van der Waals surface area contributed by atoms with E-state index in [1.165, 1.54) is 34.4 Å². The average Bonchev–Trinajstić information content (AvgIpc) is 3.40. The number of thioether (sulfide) groups is 1. The number of nitrogens with zero attached hydrogens (tertiary/aromatic N) is 1. The SMILES string of the molecule is O=C(O)Cc1ccc(NC(=O)CCN2C(=O)/C(=C/c3cc(-c4ccc(F)c(F)c4)cs3)SC2=S)c(F)c1. The zero-order valence-corrected chi connectivity index (χ0v) is 21.2. The molecule has 1 aromatic heterocycles. The topological polar surface area (TPSA) is 86.7 Å². The Balaban J connectivity index is 1.37. The number of carboxylic acid groups (broad SMARTS) is 1. The van der Waals surface area contributed by atoms with Crippen LogP contribution in [0.2, 0.25) is 0 Å². The molecule has 0 atom stereocenters. The standard InChI is InChI=1S/C25H17F3N2O4S3/c26-17-3-2-14(10-18(17)27)15-9-16(36-12-15)11-21-24(34)30(25(35)37-21)6-5-22(31)29-20-4-1-13(7-19(20)28)8-23(32)33/h1-4,7,9-12H,5-6,8H2,(H,29,31)(H,32,33)/b21-11-. The lowest BCUT2D eigenvalue weighted by atomic mass is 10.1. The zero-order chi connectivity index (χ0) is 26.7. The van der Waals surface area contributed by atoms with Crippen molar-refractivity contribution >= 4 is 69.2 Å². The van der Waals surface area contributed by atoms with E-state index in [0.717, 1.165) is 30.0 Å². The average molecular weight is 563 g/mol. The summed E-state index contributed by atoms with van der Waals surface area (Å²) in [5.41, 5.74) is 1.33. The predicted molar refractivity (Wildman–Crippen MR) is 141 cm³/mol. The van der Waals surface area contributed by atoms with Crippen molar-refractivity contribution in [2.75, 3.05) is 11.9 Å². The molecule has 0 unspecified atom stereocenters. The number of nitrogens with one attached hydrogen (secondary N) is 1. The van der Waals surface area contributed by atoms with E-state index >= 15 is 0 Å². The maximum atomic E-state index is 14.2. The van der Waals surface area contributed by atoms with Crippen LogP contribution in [0.1, 0.15) is 16.9 Å². The number of thiophene rings is 1. The molecule has 4 rings (SSSR count). The third-order valence-corrected chi connectivity index (χ3v) is 7.50. The Bertz CT molecular complexity index is 1450. The summed E-state index contributed by atoms with van der Waals surface area (Å²) in [6.45, 7) is -0.0168. The van der Waals surface area contributed by atoms with Crippen molar-refractivity contribution in [3.8, 4) is 11.1 Å². The second kappa shape index (κ2) is 11.3. The van der Waals surface area contributed by atoms with Crippen LogP contribution in [0.5, 0.6) is 0 Å². The molecule has 2 heterocycles. The number of benzene rings is 2. The van der Waals surface area contributed by atoms with Crippen LogP contribution < -0.4 is 5.32 Å². The number of rotatable bonds is 8. The number of carbonyl (C=O) groups excluding carboxylic acids is 2. The van der Waals surface area contributed by atoms with Crippen LogP contribution in [0.25, 0.3) is 17.2 Å². The van der Waals surface area contributed by atoms with E-state index in [-0.39, 0.29) is 40.9 Å². The highest BCUT2D eigenvalue weighted by atomic mass is 32.2. The van der Waals surface area contributed by atoms with Crippen molar-refractivity contribution < 1.29 is 32.7 Å². The number of hydrogen-bond acceptors (Lipinski definition) is 6. The fourth-order valence-electron chi connectivity index (χ4n) is 3.45. The summed E-state index contributed by atoms with van der Waals surface area (Å²) < 4.78 is 41.2. The summed E-state index contributed by atoms with van der Waals surface area (Å²) in [7, 11) is 0. The van der Waals surface area contributed by atoms with E-state index < -0.39 is 29.3 Å². The number of thiocarbonyl (C=S) groups is 1. The Morgan fingerprint density at radius 3 is 2.51 bits per heavy atom. The fourth-order valence-corrected chi connectivity index (χ4v) is 5.67.